The van der Waals surface area contributed by atoms with Crippen molar-refractivity contribution in [2.75, 3.05) is 0 Å². The summed E-state index contributed by atoms with van der Waals surface area (Å²) in [4.78, 5) is 25.7. The summed E-state index contributed by atoms with van der Waals surface area (Å²) in [5.41, 5.74) is 1.25. The Kier molecular flexibility index (Phi) is 5.80. The highest BCUT2D eigenvalue weighted by Gasteiger charge is 2.14. The molecular formula is C20H19NO3S. The maximum atomic E-state index is 12.2. The van der Waals surface area contributed by atoms with E-state index in [4.69, 9.17) is 4.42 Å². The molecule has 0 atom stereocenters. The normalized spacial score (nSPS) is 10.6. The molecule has 1 aromatic carbocycles. The van der Waals surface area contributed by atoms with Gasteiger partial charge in [0, 0.05) is 11.3 Å². The van der Waals surface area contributed by atoms with Gasteiger partial charge in [-0.05, 0) is 42.7 Å². The predicted molar refractivity (Wildman–Crippen MR) is 97.7 cm³/mol. The third-order valence-corrected chi connectivity index (χ3v) is 4.89. The molecule has 0 aliphatic heterocycles. The smallest absolute Gasteiger partial charge is 0.238 e. The summed E-state index contributed by atoms with van der Waals surface area (Å²) in [7, 11) is 0. The molecule has 5 heteroatoms. The van der Waals surface area contributed by atoms with Crippen LogP contribution >= 0.6 is 11.3 Å². The zero-order valence-corrected chi connectivity index (χ0v) is 14.6. The number of carbonyl (C=O) groups is 2. The molecular weight excluding hydrogens is 334 g/mol. The van der Waals surface area contributed by atoms with Crippen molar-refractivity contribution in [3.05, 3.63) is 81.9 Å². The minimum absolute atomic E-state index is 0.0308. The first-order valence-corrected chi connectivity index (χ1v) is 9.01. The number of rotatable bonds is 8. The van der Waals surface area contributed by atoms with Gasteiger partial charge < -0.3 is 9.73 Å². The Morgan fingerprint density at radius 2 is 1.84 bits per heavy atom. The molecule has 0 bridgehead atoms. The average Bonchev–Trinajstić information content (AvgIpc) is 3.32. The van der Waals surface area contributed by atoms with E-state index >= 15 is 0 Å². The van der Waals surface area contributed by atoms with Crippen molar-refractivity contribution in [3.63, 3.8) is 0 Å². The van der Waals surface area contributed by atoms with Crippen LogP contribution in [0.25, 0.3) is 0 Å². The number of hydrogen-bond donors (Lipinski definition) is 1. The number of nitrogens with one attached hydrogen (secondary N) is 1. The van der Waals surface area contributed by atoms with Gasteiger partial charge in [0.05, 0.1) is 17.7 Å². The molecule has 0 aliphatic carbocycles. The molecule has 128 valence electrons. The molecule has 1 amide bonds. The van der Waals surface area contributed by atoms with Crippen LogP contribution in [0, 0.1) is 0 Å². The van der Waals surface area contributed by atoms with E-state index in [0.717, 1.165) is 17.7 Å². The third-order valence-electron chi connectivity index (χ3n) is 3.80. The van der Waals surface area contributed by atoms with Crippen molar-refractivity contribution in [3.8, 4) is 0 Å². The summed E-state index contributed by atoms with van der Waals surface area (Å²) in [6.45, 7) is 0.445. The summed E-state index contributed by atoms with van der Waals surface area (Å²) in [6, 6.07) is 17.1. The second kappa shape index (κ2) is 8.44. The maximum absolute atomic E-state index is 12.2. The number of benzene rings is 1. The van der Waals surface area contributed by atoms with E-state index in [1.54, 1.807) is 18.2 Å². The number of hydrogen-bond acceptors (Lipinski definition) is 4. The van der Waals surface area contributed by atoms with Crippen molar-refractivity contribution in [1.29, 1.82) is 0 Å². The molecule has 0 radical (unpaired) electrons. The Hall–Kier alpha value is -2.66. The largest absolute Gasteiger partial charge is 0.461 e. The van der Waals surface area contributed by atoms with Crippen LogP contribution in [0.1, 0.15) is 38.7 Å². The third kappa shape index (κ3) is 4.90. The van der Waals surface area contributed by atoms with Crippen LogP contribution in [0.3, 0.4) is 0 Å². The summed E-state index contributed by atoms with van der Waals surface area (Å²) in [5, 5.41) is 2.91. The van der Waals surface area contributed by atoms with E-state index in [0.29, 0.717) is 23.6 Å². The minimum atomic E-state index is -0.129. The molecule has 3 rings (SSSR count). The van der Waals surface area contributed by atoms with E-state index in [1.807, 2.05) is 24.3 Å². The van der Waals surface area contributed by atoms with Crippen LogP contribution in [0.5, 0.6) is 0 Å². The van der Waals surface area contributed by atoms with Gasteiger partial charge >= 0.3 is 0 Å². The Morgan fingerprint density at radius 1 is 1.00 bits per heavy atom. The van der Waals surface area contributed by atoms with Gasteiger partial charge in [-0.15, -0.1) is 11.3 Å². The molecule has 4 nitrogen and oxygen atoms in total. The lowest BCUT2D eigenvalue weighted by molar-refractivity contribution is -0.121. The summed E-state index contributed by atoms with van der Waals surface area (Å²) < 4.78 is 5.13. The fourth-order valence-corrected chi connectivity index (χ4v) is 3.39. The number of ketones is 1. The number of amides is 1. The molecule has 0 unspecified atom stereocenters. The predicted octanol–water partition coefficient (Wildman–Crippen LogP) is 4.21. The lowest BCUT2D eigenvalue weighted by atomic mass is 10.1. The van der Waals surface area contributed by atoms with Crippen molar-refractivity contribution in [2.24, 2.45) is 0 Å². The Morgan fingerprint density at radius 3 is 2.60 bits per heavy atom. The SMILES string of the molecule is O=C(CCCc1ccccc1)NCc1ccc(C(=O)c2ccco2)s1. The quantitative estimate of drug-likeness (QED) is 0.617. The van der Waals surface area contributed by atoms with Gasteiger partial charge in [0.1, 0.15) is 0 Å². The Labute approximate surface area is 150 Å². The van der Waals surface area contributed by atoms with Gasteiger partial charge in [-0.2, -0.15) is 0 Å². The van der Waals surface area contributed by atoms with Crippen LogP contribution in [0.4, 0.5) is 0 Å². The first kappa shape index (κ1) is 17.2. The van der Waals surface area contributed by atoms with E-state index in [1.165, 1.54) is 23.2 Å². The highest BCUT2D eigenvalue weighted by molar-refractivity contribution is 7.14. The average molecular weight is 353 g/mol. The standard InChI is InChI=1S/C20H19NO3S/c22-19(10-4-8-15-6-2-1-3-7-15)21-14-16-11-12-18(25-16)20(23)17-9-5-13-24-17/h1-3,5-7,9,11-13H,4,8,10,14H2,(H,21,22). The van der Waals surface area contributed by atoms with Crippen molar-refractivity contribution in [1.82, 2.24) is 5.32 Å². The molecule has 1 N–H and O–H groups in total. The zero-order chi connectivity index (χ0) is 17.5. The van der Waals surface area contributed by atoms with Crippen molar-refractivity contribution < 1.29 is 14.0 Å². The number of carbonyl (C=O) groups excluding carboxylic acids is 2. The minimum Gasteiger partial charge on any atom is -0.461 e. The lowest BCUT2D eigenvalue weighted by Crippen LogP contribution is -2.21. The summed E-state index contributed by atoms with van der Waals surface area (Å²) >= 11 is 1.38. The van der Waals surface area contributed by atoms with Crippen molar-refractivity contribution >= 4 is 23.0 Å². The molecule has 25 heavy (non-hydrogen) atoms. The molecule has 0 fully saturated rings. The number of thiophene rings is 1. The lowest BCUT2D eigenvalue weighted by Gasteiger charge is -2.04. The van der Waals surface area contributed by atoms with Gasteiger partial charge in [-0.3, -0.25) is 9.59 Å². The van der Waals surface area contributed by atoms with E-state index < -0.39 is 0 Å². The summed E-state index contributed by atoms with van der Waals surface area (Å²) in [5.74, 6) is 0.233. The molecule has 0 saturated heterocycles. The van der Waals surface area contributed by atoms with E-state index in [2.05, 4.69) is 17.4 Å². The van der Waals surface area contributed by atoms with Crippen LogP contribution in [0.15, 0.2) is 65.3 Å². The van der Waals surface area contributed by atoms with Crippen LogP contribution in [-0.2, 0) is 17.8 Å². The monoisotopic (exact) mass is 353 g/mol. The first-order valence-electron chi connectivity index (χ1n) is 8.20. The van der Waals surface area contributed by atoms with Crippen LogP contribution in [-0.4, -0.2) is 11.7 Å². The molecule has 0 saturated carbocycles. The molecule has 2 heterocycles. The van der Waals surface area contributed by atoms with E-state index in [-0.39, 0.29) is 11.7 Å². The second-order valence-corrected chi connectivity index (χ2v) is 6.86. The fraction of sp³-hybridized carbons (Fsp3) is 0.200. The number of aryl methyl sites for hydroxylation is 1. The molecule has 3 aromatic rings. The van der Waals surface area contributed by atoms with Gasteiger partial charge in [-0.25, -0.2) is 0 Å². The van der Waals surface area contributed by atoms with Crippen LogP contribution < -0.4 is 5.32 Å². The molecule has 0 spiro atoms. The maximum Gasteiger partial charge on any atom is 0.238 e. The van der Waals surface area contributed by atoms with Crippen LogP contribution in [0.2, 0.25) is 0 Å². The van der Waals surface area contributed by atoms with Crippen molar-refractivity contribution in [2.45, 2.75) is 25.8 Å². The second-order valence-electron chi connectivity index (χ2n) is 5.69. The van der Waals surface area contributed by atoms with Gasteiger partial charge in [-0.1, -0.05) is 30.3 Å². The van der Waals surface area contributed by atoms with Gasteiger partial charge in [0.2, 0.25) is 11.7 Å². The summed E-state index contributed by atoms with van der Waals surface area (Å²) in [6.07, 6.45) is 3.70. The molecule has 2 aromatic heterocycles. The zero-order valence-electron chi connectivity index (χ0n) is 13.7. The highest BCUT2D eigenvalue weighted by Crippen LogP contribution is 2.20. The fourth-order valence-electron chi connectivity index (χ4n) is 2.50. The topological polar surface area (TPSA) is 59.3 Å². The van der Waals surface area contributed by atoms with Gasteiger partial charge in [0.15, 0.2) is 5.76 Å². The van der Waals surface area contributed by atoms with Gasteiger partial charge in [0.25, 0.3) is 0 Å². The first-order chi connectivity index (χ1) is 12.2. The number of furan rings is 1. The Bertz CT molecular complexity index is 822. The highest BCUT2D eigenvalue weighted by atomic mass is 32.1. The van der Waals surface area contributed by atoms with E-state index in [9.17, 15) is 9.59 Å². The molecule has 0 aliphatic rings. The Balaban J connectivity index is 1.42.